The highest BCUT2D eigenvalue weighted by Crippen LogP contribution is 2.54. The molecule has 0 radical (unpaired) electrons. The quantitative estimate of drug-likeness (QED) is 0.381. The van der Waals surface area contributed by atoms with E-state index in [0.717, 1.165) is 18.8 Å². The molecule has 0 aromatic heterocycles. The van der Waals surface area contributed by atoms with Gasteiger partial charge in [0.15, 0.2) is 0 Å². The van der Waals surface area contributed by atoms with E-state index in [-0.39, 0.29) is 12.4 Å². The Morgan fingerprint density at radius 2 is 1.58 bits per heavy atom. The molecule has 3 rings (SSSR count). The predicted molar refractivity (Wildman–Crippen MR) is 147 cm³/mol. The molecule has 190 valence electrons. The van der Waals surface area contributed by atoms with Crippen molar-refractivity contribution in [3.63, 3.8) is 0 Å². The molecule has 1 aliphatic heterocycles. The van der Waals surface area contributed by atoms with Crippen LogP contribution in [0.15, 0.2) is 12.1 Å². The molecule has 1 aromatic carbocycles. The number of anilines is 2. The van der Waals surface area contributed by atoms with E-state index in [1.54, 1.807) is 0 Å². The summed E-state index contributed by atoms with van der Waals surface area (Å²) >= 11 is 0. The summed E-state index contributed by atoms with van der Waals surface area (Å²) < 4.78 is 5.87. The first kappa shape index (κ1) is 28.1. The van der Waals surface area contributed by atoms with Crippen molar-refractivity contribution in [3.8, 4) is 5.75 Å². The minimum atomic E-state index is 0. The van der Waals surface area contributed by atoms with E-state index >= 15 is 0 Å². The van der Waals surface area contributed by atoms with Crippen molar-refractivity contribution in [2.75, 3.05) is 63.7 Å². The number of benzene rings is 1. The summed E-state index contributed by atoms with van der Waals surface area (Å²) in [5.41, 5.74) is 4.90. The number of ether oxygens (including phenoxy) is 1. The van der Waals surface area contributed by atoms with Gasteiger partial charge in [0.25, 0.3) is 0 Å². The van der Waals surface area contributed by atoms with Crippen molar-refractivity contribution in [3.05, 3.63) is 17.7 Å². The highest BCUT2D eigenvalue weighted by atomic mass is 35.5. The average Bonchev–Trinajstić information content (AvgIpc) is 2.71. The van der Waals surface area contributed by atoms with Crippen LogP contribution in [0.25, 0.3) is 0 Å². The maximum Gasteiger partial charge on any atom is 0.144 e. The number of hydrogen-bond donors (Lipinski definition) is 0. The van der Waals surface area contributed by atoms with E-state index in [0.29, 0.717) is 16.7 Å². The van der Waals surface area contributed by atoms with E-state index in [2.05, 4.69) is 75.5 Å². The fraction of sp³-hybridized carbons (Fsp3) is 0.786. The topological polar surface area (TPSA) is 19.0 Å². The molecule has 0 bridgehead atoms. The van der Waals surface area contributed by atoms with E-state index in [4.69, 9.17) is 4.74 Å². The standard InChI is InChI=1S/C28H49N3O.ClH/c1-9-10-11-12-30-13-15-31(16-14-30)24-18-26(32-8)25(29(6)7)17-23(24)22-19-27(2,3)21-28(4,5)20-22;/h17-18,22H,9-16,19-21H2,1-8H3;1H. The van der Waals surface area contributed by atoms with E-state index in [1.807, 2.05) is 7.11 Å². The van der Waals surface area contributed by atoms with Gasteiger partial charge < -0.3 is 14.5 Å². The van der Waals surface area contributed by atoms with Crippen LogP contribution < -0.4 is 14.5 Å². The first-order chi connectivity index (χ1) is 15.0. The highest BCUT2D eigenvalue weighted by Gasteiger charge is 2.40. The molecule has 0 N–H and O–H groups in total. The zero-order valence-electron chi connectivity index (χ0n) is 22.7. The number of nitrogens with zero attached hydrogens (tertiary/aromatic N) is 3. The van der Waals surface area contributed by atoms with Gasteiger partial charge in [0.2, 0.25) is 0 Å². The van der Waals surface area contributed by atoms with Crippen LogP contribution >= 0.6 is 12.4 Å². The predicted octanol–water partition coefficient (Wildman–Crippen LogP) is 6.82. The minimum absolute atomic E-state index is 0. The number of methoxy groups -OCH3 is 1. The van der Waals surface area contributed by atoms with Gasteiger partial charge >= 0.3 is 0 Å². The van der Waals surface area contributed by atoms with E-state index in [9.17, 15) is 0 Å². The molecule has 1 aliphatic carbocycles. The molecule has 1 saturated heterocycles. The Morgan fingerprint density at radius 3 is 2.09 bits per heavy atom. The zero-order chi connectivity index (χ0) is 23.5. The summed E-state index contributed by atoms with van der Waals surface area (Å²) in [5.74, 6) is 1.59. The van der Waals surface area contributed by atoms with Crippen molar-refractivity contribution in [2.24, 2.45) is 10.8 Å². The van der Waals surface area contributed by atoms with Crippen LogP contribution in [0.5, 0.6) is 5.75 Å². The third-order valence-corrected chi connectivity index (χ3v) is 7.60. The van der Waals surface area contributed by atoms with Crippen molar-refractivity contribution >= 4 is 23.8 Å². The summed E-state index contributed by atoms with van der Waals surface area (Å²) in [6.45, 7) is 18.0. The molecule has 33 heavy (non-hydrogen) atoms. The Labute approximate surface area is 210 Å². The first-order valence-electron chi connectivity index (χ1n) is 12.9. The van der Waals surface area contributed by atoms with Gasteiger partial charge in [-0.15, -0.1) is 12.4 Å². The number of hydrogen-bond acceptors (Lipinski definition) is 4. The second kappa shape index (κ2) is 11.5. The summed E-state index contributed by atoms with van der Waals surface area (Å²) in [5, 5.41) is 0. The summed E-state index contributed by atoms with van der Waals surface area (Å²) in [6, 6.07) is 4.79. The summed E-state index contributed by atoms with van der Waals surface area (Å²) in [6.07, 6.45) is 7.81. The van der Waals surface area contributed by atoms with Gasteiger partial charge in [-0.25, -0.2) is 0 Å². The van der Waals surface area contributed by atoms with Gasteiger partial charge in [0, 0.05) is 52.0 Å². The third kappa shape index (κ3) is 7.18. The molecule has 0 spiro atoms. The van der Waals surface area contributed by atoms with Crippen molar-refractivity contribution in [2.45, 2.75) is 79.1 Å². The second-order valence-electron chi connectivity index (χ2n) is 12.1. The van der Waals surface area contributed by atoms with Crippen molar-refractivity contribution in [1.82, 2.24) is 4.90 Å². The normalized spacial score (nSPS) is 20.9. The lowest BCUT2D eigenvalue weighted by molar-refractivity contribution is 0.0970. The maximum atomic E-state index is 5.87. The van der Waals surface area contributed by atoms with Gasteiger partial charge in [0.05, 0.1) is 12.8 Å². The van der Waals surface area contributed by atoms with Crippen molar-refractivity contribution in [1.29, 1.82) is 0 Å². The lowest BCUT2D eigenvalue weighted by Gasteiger charge is -2.46. The first-order valence-corrected chi connectivity index (χ1v) is 12.9. The molecule has 0 atom stereocenters. The average molecular weight is 480 g/mol. The molecule has 5 heteroatoms. The van der Waals surface area contributed by atoms with Crippen LogP contribution in [0.4, 0.5) is 11.4 Å². The Kier molecular flexibility index (Phi) is 9.82. The number of unbranched alkanes of at least 4 members (excludes halogenated alkanes) is 2. The SMILES string of the molecule is CCCCCN1CCN(c2cc(OC)c(N(C)C)cc2C2CC(C)(C)CC(C)(C)C2)CC1.Cl. The summed E-state index contributed by atoms with van der Waals surface area (Å²) in [4.78, 5) is 7.50. The smallest absolute Gasteiger partial charge is 0.144 e. The Balaban J connectivity index is 0.00000385. The number of halogens is 1. The lowest BCUT2D eigenvalue weighted by Crippen LogP contribution is -2.47. The van der Waals surface area contributed by atoms with Crippen LogP contribution in [0.2, 0.25) is 0 Å². The van der Waals surface area contributed by atoms with Gasteiger partial charge in [-0.05, 0) is 60.6 Å². The van der Waals surface area contributed by atoms with Crippen molar-refractivity contribution < 1.29 is 4.74 Å². The second-order valence-corrected chi connectivity index (χ2v) is 12.1. The third-order valence-electron chi connectivity index (χ3n) is 7.60. The van der Waals surface area contributed by atoms with Crippen LogP contribution in [-0.4, -0.2) is 58.8 Å². The molecule has 1 heterocycles. The number of rotatable bonds is 8. The van der Waals surface area contributed by atoms with Crippen LogP contribution in [0.1, 0.15) is 84.6 Å². The molecular formula is C28H50ClN3O. The lowest BCUT2D eigenvalue weighted by atomic mass is 9.60. The van der Waals surface area contributed by atoms with Gasteiger partial charge in [0.1, 0.15) is 5.75 Å². The molecule has 2 aliphatic rings. The monoisotopic (exact) mass is 479 g/mol. The number of piperazine rings is 1. The van der Waals surface area contributed by atoms with Gasteiger partial charge in [-0.1, -0.05) is 47.5 Å². The zero-order valence-corrected chi connectivity index (χ0v) is 23.5. The molecule has 1 aromatic rings. The molecule has 1 saturated carbocycles. The van der Waals surface area contributed by atoms with Gasteiger partial charge in [-0.2, -0.15) is 0 Å². The molecule has 2 fully saturated rings. The summed E-state index contributed by atoms with van der Waals surface area (Å²) in [7, 11) is 6.07. The minimum Gasteiger partial charge on any atom is -0.495 e. The fourth-order valence-electron chi connectivity index (χ4n) is 6.55. The molecule has 4 nitrogen and oxygen atoms in total. The van der Waals surface area contributed by atoms with Gasteiger partial charge in [-0.3, -0.25) is 4.90 Å². The Morgan fingerprint density at radius 1 is 0.970 bits per heavy atom. The largest absolute Gasteiger partial charge is 0.495 e. The van der Waals surface area contributed by atoms with E-state index < -0.39 is 0 Å². The highest BCUT2D eigenvalue weighted by molar-refractivity contribution is 5.85. The van der Waals surface area contributed by atoms with Crippen LogP contribution in [0, 0.1) is 10.8 Å². The molecule has 0 amide bonds. The van der Waals surface area contributed by atoms with Crippen LogP contribution in [0.3, 0.4) is 0 Å². The van der Waals surface area contributed by atoms with E-state index in [1.165, 1.54) is 75.1 Å². The molecule has 0 unspecified atom stereocenters. The maximum absolute atomic E-state index is 5.87. The molecular weight excluding hydrogens is 430 g/mol. The fourth-order valence-corrected chi connectivity index (χ4v) is 6.55. The Bertz CT molecular complexity index is 738. The Hall–Kier alpha value is -1.13. The van der Waals surface area contributed by atoms with Crippen LogP contribution in [-0.2, 0) is 0 Å².